The van der Waals surface area contributed by atoms with E-state index in [1.165, 1.54) is 24.8 Å². The molecule has 2 heterocycles. The van der Waals surface area contributed by atoms with E-state index in [1.54, 1.807) is 0 Å². The van der Waals surface area contributed by atoms with E-state index >= 15 is 0 Å². The van der Waals surface area contributed by atoms with Gasteiger partial charge in [-0.1, -0.05) is 48.5 Å². The quantitative estimate of drug-likeness (QED) is 0.732. The molecular formula is C17H19N5O. The molecule has 23 heavy (non-hydrogen) atoms. The molecule has 0 saturated heterocycles. The van der Waals surface area contributed by atoms with Crippen molar-refractivity contribution in [2.45, 2.75) is 45.1 Å². The fourth-order valence-electron chi connectivity index (χ4n) is 2.67. The second kappa shape index (κ2) is 5.61. The van der Waals surface area contributed by atoms with Crippen molar-refractivity contribution in [2.24, 2.45) is 0 Å². The van der Waals surface area contributed by atoms with Crippen molar-refractivity contribution in [1.29, 1.82) is 0 Å². The molecule has 1 aliphatic rings. The summed E-state index contributed by atoms with van der Waals surface area (Å²) in [5.74, 6) is 1.50. The molecular weight excluding hydrogens is 290 g/mol. The van der Waals surface area contributed by atoms with E-state index in [0.29, 0.717) is 29.4 Å². The third-order valence-electron chi connectivity index (χ3n) is 4.44. The largest absolute Gasteiger partial charge is 0.332 e. The lowest BCUT2D eigenvalue weighted by Gasteiger charge is -2.24. The molecule has 0 aliphatic heterocycles. The molecule has 0 atom stereocenters. The summed E-state index contributed by atoms with van der Waals surface area (Å²) in [5.41, 5.74) is 2.87. The summed E-state index contributed by atoms with van der Waals surface area (Å²) in [7, 11) is 0. The molecule has 1 saturated carbocycles. The summed E-state index contributed by atoms with van der Waals surface area (Å²) in [6.07, 6.45) is 5.49. The summed E-state index contributed by atoms with van der Waals surface area (Å²) in [4.78, 5) is 4.45. The summed E-state index contributed by atoms with van der Waals surface area (Å²) in [6, 6.07) is 8.72. The Kier molecular flexibility index (Phi) is 3.44. The van der Waals surface area contributed by atoms with E-state index in [9.17, 15) is 0 Å². The fraction of sp³-hybridized carbons (Fsp3) is 0.412. The van der Waals surface area contributed by atoms with Gasteiger partial charge in [0.25, 0.3) is 5.89 Å². The van der Waals surface area contributed by atoms with Crippen molar-refractivity contribution in [2.75, 3.05) is 0 Å². The Hall–Kier alpha value is -2.50. The molecule has 2 aromatic heterocycles. The molecule has 118 valence electrons. The topological polar surface area (TPSA) is 69.6 Å². The van der Waals surface area contributed by atoms with Crippen molar-refractivity contribution < 1.29 is 4.52 Å². The average molecular weight is 309 g/mol. The first-order valence-corrected chi connectivity index (χ1v) is 8.07. The number of nitrogens with zero attached hydrogens (tertiary/aromatic N) is 5. The van der Waals surface area contributed by atoms with Gasteiger partial charge in [0, 0.05) is 5.56 Å². The van der Waals surface area contributed by atoms with Gasteiger partial charge in [0.15, 0.2) is 5.69 Å². The van der Waals surface area contributed by atoms with E-state index < -0.39 is 0 Å². The summed E-state index contributed by atoms with van der Waals surface area (Å²) in [5, 5.41) is 12.4. The molecule has 0 amide bonds. The Balaban J connectivity index is 1.57. The fourth-order valence-corrected chi connectivity index (χ4v) is 2.67. The Bertz CT molecular complexity index is 799. The van der Waals surface area contributed by atoms with Crippen LogP contribution in [0.3, 0.4) is 0 Å². The molecule has 1 aromatic carbocycles. The molecule has 0 unspecified atom stereocenters. The first-order valence-electron chi connectivity index (χ1n) is 8.07. The summed E-state index contributed by atoms with van der Waals surface area (Å²) in [6.45, 7) is 4.35. The number of rotatable bonds is 4. The average Bonchev–Trinajstić information content (AvgIpc) is 3.14. The van der Waals surface area contributed by atoms with Crippen LogP contribution in [-0.4, -0.2) is 25.1 Å². The zero-order valence-electron chi connectivity index (χ0n) is 13.3. The SMILES string of the molecule is CC(C)c1ccc(-c2noc(-c3cn(C4CCC4)nn3)n2)cc1. The summed E-state index contributed by atoms with van der Waals surface area (Å²) < 4.78 is 7.25. The Morgan fingerprint density at radius 2 is 1.96 bits per heavy atom. The molecule has 0 N–H and O–H groups in total. The van der Waals surface area contributed by atoms with Crippen molar-refractivity contribution in [1.82, 2.24) is 25.1 Å². The first kappa shape index (κ1) is 14.1. The van der Waals surface area contributed by atoms with Gasteiger partial charge < -0.3 is 4.52 Å². The molecule has 0 bridgehead atoms. The van der Waals surface area contributed by atoms with Crippen LogP contribution < -0.4 is 0 Å². The highest BCUT2D eigenvalue weighted by Gasteiger charge is 2.22. The van der Waals surface area contributed by atoms with Gasteiger partial charge in [0.1, 0.15) is 0 Å². The third kappa shape index (κ3) is 2.65. The number of hydrogen-bond acceptors (Lipinski definition) is 5. The van der Waals surface area contributed by atoms with Gasteiger partial charge >= 0.3 is 0 Å². The highest BCUT2D eigenvalue weighted by molar-refractivity contribution is 5.57. The maximum atomic E-state index is 5.35. The lowest BCUT2D eigenvalue weighted by molar-refractivity contribution is 0.284. The van der Waals surface area contributed by atoms with Gasteiger partial charge in [-0.25, -0.2) is 4.68 Å². The van der Waals surface area contributed by atoms with Crippen molar-refractivity contribution in [3.63, 3.8) is 0 Å². The van der Waals surface area contributed by atoms with Gasteiger partial charge in [-0.2, -0.15) is 4.98 Å². The normalized spacial score (nSPS) is 15.1. The van der Waals surface area contributed by atoms with Crippen LogP contribution in [0, 0.1) is 0 Å². The van der Waals surface area contributed by atoms with Gasteiger partial charge in [-0.15, -0.1) is 5.10 Å². The monoisotopic (exact) mass is 309 g/mol. The van der Waals surface area contributed by atoms with Crippen molar-refractivity contribution >= 4 is 0 Å². The van der Waals surface area contributed by atoms with Gasteiger partial charge in [0.2, 0.25) is 5.82 Å². The zero-order chi connectivity index (χ0) is 15.8. The standard InChI is InChI=1S/C17H19N5O/c1-11(2)12-6-8-13(9-7-12)16-18-17(23-20-16)15-10-22(21-19-15)14-4-3-5-14/h6-11,14H,3-5H2,1-2H3. The maximum Gasteiger partial charge on any atom is 0.280 e. The molecule has 1 aliphatic carbocycles. The smallest absolute Gasteiger partial charge is 0.280 e. The van der Waals surface area contributed by atoms with E-state index in [4.69, 9.17) is 4.52 Å². The Morgan fingerprint density at radius 1 is 1.17 bits per heavy atom. The predicted molar refractivity (Wildman–Crippen MR) is 85.7 cm³/mol. The van der Waals surface area contributed by atoms with E-state index in [2.05, 4.69) is 46.4 Å². The van der Waals surface area contributed by atoms with Crippen LogP contribution in [0.5, 0.6) is 0 Å². The lowest BCUT2D eigenvalue weighted by atomic mass is 9.93. The summed E-state index contributed by atoms with van der Waals surface area (Å²) >= 11 is 0. The first-order chi connectivity index (χ1) is 11.2. The highest BCUT2D eigenvalue weighted by atomic mass is 16.5. The van der Waals surface area contributed by atoms with E-state index in [-0.39, 0.29) is 0 Å². The molecule has 4 rings (SSSR count). The number of aromatic nitrogens is 5. The van der Waals surface area contributed by atoms with Gasteiger partial charge in [-0.3, -0.25) is 0 Å². The van der Waals surface area contributed by atoms with Crippen LogP contribution in [0.4, 0.5) is 0 Å². The van der Waals surface area contributed by atoms with Crippen LogP contribution >= 0.6 is 0 Å². The molecule has 6 nitrogen and oxygen atoms in total. The number of benzene rings is 1. The Morgan fingerprint density at radius 3 is 2.61 bits per heavy atom. The molecule has 3 aromatic rings. The van der Waals surface area contributed by atoms with Crippen LogP contribution in [0.25, 0.3) is 23.0 Å². The van der Waals surface area contributed by atoms with Gasteiger partial charge in [-0.05, 0) is 30.7 Å². The molecule has 6 heteroatoms. The third-order valence-corrected chi connectivity index (χ3v) is 4.44. The second-order valence-electron chi connectivity index (χ2n) is 6.37. The van der Waals surface area contributed by atoms with E-state index in [0.717, 1.165) is 5.56 Å². The van der Waals surface area contributed by atoms with E-state index in [1.807, 2.05) is 23.0 Å². The van der Waals surface area contributed by atoms with Crippen LogP contribution in [0.1, 0.15) is 50.6 Å². The number of hydrogen-bond donors (Lipinski definition) is 0. The second-order valence-corrected chi connectivity index (χ2v) is 6.37. The molecule has 0 radical (unpaired) electrons. The zero-order valence-corrected chi connectivity index (χ0v) is 13.3. The van der Waals surface area contributed by atoms with Crippen molar-refractivity contribution in [3.05, 3.63) is 36.0 Å². The molecule has 1 fully saturated rings. The minimum atomic E-state index is 0.415. The maximum absolute atomic E-state index is 5.35. The lowest BCUT2D eigenvalue weighted by Crippen LogP contribution is -2.17. The highest BCUT2D eigenvalue weighted by Crippen LogP contribution is 2.31. The van der Waals surface area contributed by atoms with Gasteiger partial charge in [0.05, 0.1) is 12.2 Å². The predicted octanol–water partition coefficient (Wildman–Crippen LogP) is 3.84. The van der Waals surface area contributed by atoms with Crippen LogP contribution in [-0.2, 0) is 0 Å². The minimum Gasteiger partial charge on any atom is -0.332 e. The van der Waals surface area contributed by atoms with Crippen LogP contribution in [0.2, 0.25) is 0 Å². The van der Waals surface area contributed by atoms with Crippen LogP contribution in [0.15, 0.2) is 35.0 Å². The van der Waals surface area contributed by atoms with Crippen molar-refractivity contribution in [3.8, 4) is 23.0 Å². The Labute approximate surface area is 134 Å². The minimum absolute atomic E-state index is 0.415. The molecule has 0 spiro atoms.